The molecule has 0 aromatic carbocycles. The van der Waals surface area contributed by atoms with Crippen molar-refractivity contribution in [3.8, 4) is 0 Å². The summed E-state index contributed by atoms with van der Waals surface area (Å²) in [4.78, 5) is 14.2. The van der Waals surface area contributed by atoms with E-state index in [1.165, 1.54) is 25.7 Å². The summed E-state index contributed by atoms with van der Waals surface area (Å²) >= 11 is 0. The van der Waals surface area contributed by atoms with E-state index in [2.05, 4.69) is 22.6 Å². The van der Waals surface area contributed by atoms with Crippen molar-refractivity contribution in [2.24, 2.45) is 5.92 Å². The summed E-state index contributed by atoms with van der Waals surface area (Å²) in [5.41, 5.74) is 0. The average molecular weight is 297 g/mol. The number of nitrogens with one attached hydrogen (secondary N) is 2. The van der Waals surface area contributed by atoms with E-state index in [-0.39, 0.29) is 18.7 Å². The molecule has 5 heteroatoms. The molecular weight excluding hydrogens is 266 g/mol. The highest BCUT2D eigenvalue weighted by Crippen LogP contribution is 2.23. The Morgan fingerprint density at radius 1 is 1.14 bits per heavy atom. The zero-order chi connectivity index (χ0) is 15.1. The summed E-state index contributed by atoms with van der Waals surface area (Å²) in [5.74, 6) is 0.436. The van der Waals surface area contributed by atoms with Crippen molar-refractivity contribution < 1.29 is 9.90 Å². The lowest BCUT2D eigenvalue weighted by Crippen LogP contribution is -2.46. The number of carbonyl (C=O) groups excluding carboxylic acids is 1. The summed E-state index contributed by atoms with van der Waals surface area (Å²) in [6.07, 6.45) is 9.31. The Morgan fingerprint density at radius 2 is 1.81 bits per heavy atom. The predicted molar refractivity (Wildman–Crippen MR) is 84.3 cm³/mol. The molecule has 0 spiro atoms. The first kappa shape index (κ1) is 16.6. The molecule has 2 rings (SSSR count). The van der Waals surface area contributed by atoms with Gasteiger partial charge >= 0.3 is 6.03 Å². The molecule has 0 radical (unpaired) electrons. The maximum Gasteiger partial charge on any atom is 0.315 e. The minimum absolute atomic E-state index is 0.0396. The first-order chi connectivity index (χ1) is 10.2. The topological polar surface area (TPSA) is 64.6 Å². The van der Waals surface area contributed by atoms with Crippen LogP contribution in [0.1, 0.15) is 51.4 Å². The summed E-state index contributed by atoms with van der Waals surface area (Å²) in [6, 6.07) is 0.950. The molecule has 2 aliphatic rings. The van der Waals surface area contributed by atoms with Crippen LogP contribution < -0.4 is 10.6 Å². The van der Waals surface area contributed by atoms with Gasteiger partial charge in [-0.15, -0.1) is 0 Å². The highest BCUT2D eigenvalue weighted by Gasteiger charge is 2.22. The number of aliphatic hydroxyl groups excluding tert-OH is 1. The van der Waals surface area contributed by atoms with Crippen molar-refractivity contribution >= 4 is 6.03 Å². The summed E-state index contributed by atoms with van der Waals surface area (Å²) in [5, 5.41) is 15.1. The molecule has 0 aromatic heterocycles. The zero-order valence-corrected chi connectivity index (χ0v) is 13.3. The van der Waals surface area contributed by atoms with Gasteiger partial charge in [-0.3, -0.25) is 0 Å². The molecule has 5 nitrogen and oxygen atoms in total. The van der Waals surface area contributed by atoms with Gasteiger partial charge in [-0.25, -0.2) is 4.79 Å². The van der Waals surface area contributed by atoms with Crippen LogP contribution in [-0.4, -0.2) is 54.9 Å². The molecule has 0 aliphatic heterocycles. The Balaban J connectivity index is 1.55. The molecule has 0 atom stereocenters. The van der Waals surface area contributed by atoms with Crippen LogP contribution >= 0.6 is 0 Å². The maximum atomic E-state index is 11.9. The van der Waals surface area contributed by atoms with Gasteiger partial charge in [0.2, 0.25) is 0 Å². The lowest BCUT2D eigenvalue weighted by Gasteiger charge is -2.28. The standard InChI is InChI=1S/C16H31N3O2/c1-19(15-4-2-3-5-15)11-10-17-16(21)18-14-8-6-13(12-20)7-9-14/h13-15,20H,2-12H2,1H3,(H2,17,18,21). The van der Waals surface area contributed by atoms with Crippen molar-refractivity contribution in [3.63, 3.8) is 0 Å². The van der Waals surface area contributed by atoms with Gasteiger partial charge < -0.3 is 20.6 Å². The second-order valence-electron chi connectivity index (χ2n) is 6.72. The van der Waals surface area contributed by atoms with E-state index in [1.807, 2.05) is 0 Å². The third-order valence-electron chi connectivity index (χ3n) is 5.14. The van der Waals surface area contributed by atoms with Gasteiger partial charge in [0, 0.05) is 31.8 Å². The van der Waals surface area contributed by atoms with E-state index in [4.69, 9.17) is 5.11 Å². The van der Waals surface area contributed by atoms with E-state index >= 15 is 0 Å². The Hall–Kier alpha value is -0.810. The molecule has 2 fully saturated rings. The van der Waals surface area contributed by atoms with Crippen molar-refractivity contribution in [2.75, 3.05) is 26.7 Å². The molecule has 2 aliphatic carbocycles. The number of amides is 2. The first-order valence-electron chi connectivity index (χ1n) is 8.54. The van der Waals surface area contributed by atoms with E-state index < -0.39 is 0 Å². The third kappa shape index (κ3) is 5.47. The Morgan fingerprint density at radius 3 is 2.43 bits per heavy atom. The highest BCUT2D eigenvalue weighted by molar-refractivity contribution is 5.74. The monoisotopic (exact) mass is 297 g/mol. The van der Waals surface area contributed by atoms with E-state index in [0.29, 0.717) is 18.5 Å². The fourth-order valence-corrected chi connectivity index (χ4v) is 3.60. The Labute approximate surface area is 128 Å². The predicted octanol–water partition coefficient (Wildman–Crippen LogP) is 1.71. The first-order valence-corrected chi connectivity index (χ1v) is 8.54. The second kappa shape index (κ2) is 8.59. The fourth-order valence-electron chi connectivity index (χ4n) is 3.60. The number of carbonyl (C=O) groups is 1. The van der Waals surface area contributed by atoms with Crippen molar-refractivity contribution in [1.82, 2.24) is 15.5 Å². The van der Waals surface area contributed by atoms with Gasteiger partial charge in [0.25, 0.3) is 0 Å². The number of urea groups is 1. The van der Waals surface area contributed by atoms with Crippen LogP contribution in [0.15, 0.2) is 0 Å². The van der Waals surface area contributed by atoms with Crippen LogP contribution in [-0.2, 0) is 0 Å². The van der Waals surface area contributed by atoms with Crippen LogP contribution in [0.5, 0.6) is 0 Å². The number of hydrogen-bond acceptors (Lipinski definition) is 3. The minimum atomic E-state index is -0.0396. The lowest BCUT2D eigenvalue weighted by molar-refractivity contribution is 0.174. The number of likely N-dealkylation sites (N-methyl/N-ethyl adjacent to an activating group) is 1. The molecule has 2 saturated carbocycles. The molecule has 3 N–H and O–H groups in total. The fraction of sp³-hybridized carbons (Fsp3) is 0.938. The molecule has 0 aromatic rings. The summed E-state index contributed by atoms with van der Waals surface area (Å²) < 4.78 is 0. The van der Waals surface area contributed by atoms with Gasteiger partial charge in [0.15, 0.2) is 0 Å². The zero-order valence-electron chi connectivity index (χ0n) is 13.3. The molecule has 0 saturated heterocycles. The number of aliphatic hydroxyl groups is 1. The molecule has 0 unspecified atom stereocenters. The van der Waals surface area contributed by atoms with Crippen molar-refractivity contribution in [1.29, 1.82) is 0 Å². The van der Waals surface area contributed by atoms with Gasteiger partial charge in [0.1, 0.15) is 0 Å². The number of rotatable bonds is 6. The summed E-state index contributed by atoms with van der Waals surface area (Å²) in [6.45, 7) is 1.92. The number of nitrogens with zero attached hydrogens (tertiary/aromatic N) is 1. The van der Waals surface area contributed by atoms with E-state index in [0.717, 1.165) is 32.2 Å². The normalized spacial score (nSPS) is 27.0. The van der Waals surface area contributed by atoms with Crippen molar-refractivity contribution in [2.45, 2.75) is 63.5 Å². The molecule has 2 amide bonds. The molecule has 21 heavy (non-hydrogen) atoms. The molecular formula is C16H31N3O2. The van der Waals surface area contributed by atoms with Crippen LogP contribution in [0, 0.1) is 5.92 Å². The second-order valence-corrected chi connectivity index (χ2v) is 6.72. The van der Waals surface area contributed by atoms with Crippen LogP contribution in [0.25, 0.3) is 0 Å². The van der Waals surface area contributed by atoms with Gasteiger partial charge in [-0.1, -0.05) is 12.8 Å². The lowest BCUT2D eigenvalue weighted by atomic mass is 9.87. The van der Waals surface area contributed by atoms with Crippen LogP contribution in [0.2, 0.25) is 0 Å². The van der Waals surface area contributed by atoms with Gasteiger partial charge in [0.05, 0.1) is 0 Å². The van der Waals surface area contributed by atoms with Crippen LogP contribution in [0.4, 0.5) is 4.79 Å². The minimum Gasteiger partial charge on any atom is -0.396 e. The molecule has 0 heterocycles. The quantitative estimate of drug-likeness (QED) is 0.699. The van der Waals surface area contributed by atoms with Gasteiger partial charge in [-0.2, -0.15) is 0 Å². The van der Waals surface area contributed by atoms with Crippen molar-refractivity contribution in [3.05, 3.63) is 0 Å². The Kier molecular flexibility index (Phi) is 6.77. The average Bonchev–Trinajstić information content (AvgIpc) is 3.02. The largest absolute Gasteiger partial charge is 0.396 e. The third-order valence-corrected chi connectivity index (χ3v) is 5.14. The SMILES string of the molecule is CN(CCNC(=O)NC1CCC(CO)CC1)C1CCCC1. The molecule has 122 valence electrons. The summed E-state index contributed by atoms with van der Waals surface area (Å²) in [7, 11) is 2.16. The highest BCUT2D eigenvalue weighted by atomic mass is 16.3. The van der Waals surface area contributed by atoms with Crippen LogP contribution in [0.3, 0.4) is 0 Å². The smallest absolute Gasteiger partial charge is 0.315 e. The maximum absolute atomic E-state index is 11.9. The number of hydrogen-bond donors (Lipinski definition) is 3. The Bertz CT molecular complexity index is 311. The molecule has 0 bridgehead atoms. The van der Waals surface area contributed by atoms with Gasteiger partial charge in [-0.05, 0) is 51.5 Å². The van der Waals surface area contributed by atoms with E-state index in [9.17, 15) is 4.79 Å². The van der Waals surface area contributed by atoms with E-state index in [1.54, 1.807) is 0 Å².